The fourth-order valence-electron chi connectivity index (χ4n) is 2.77. The molecule has 1 aliphatic rings. The van der Waals surface area contributed by atoms with E-state index in [1.165, 1.54) is 11.3 Å². The van der Waals surface area contributed by atoms with Crippen molar-refractivity contribution in [1.29, 1.82) is 0 Å². The third-order valence-electron chi connectivity index (χ3n) is 3.77. The van der Waals surface area contributed by atoms with Crippen molar-refractivity contribution in [3.05, 3.63) is 22.9 Å². The normalized spacial score (nSPS) is 17.1. The van der Waals surface area contributed by atoms with Crippen molar-refractivity contribution in [2.75, 3.05) is 5.32 Å². The van der Waals surface area contributed by atoms with E-state index < -0.39 is 0 Å². The van der Waals surface area contributed by atoms with E-state index in [2.05, 4.69) is 39.5 Å². The van der Waals surface area contributed by atoms with E-state index >= 15 is 0 Å². The third-order valence-corrected chi connectivity index (χ3v) is 4.70. The van der Waals surface area contributed by atoms with E-state index in [0.717, 1.165) is 40.8 Å². The first-order chi connectivity index (χ1) is 11.0. The lowest BCUT2D eigenvalue weighted by Gasteiger charge is -2.23. The van der Waals surface area contributed by atoms with Gasteiger partial charge in [-0.1, -0.05) is 13.8 Å². The molecule has 2 amide bonds. The van der Waals surface area contributed by atoms with Crippen LogP contribution in [-0.2, 0) is 19.4 Å². The van der Waals surface area contributed by atoms with Gasteiger partial charge in [-0.05, 0) is 25.7 Å². The van der Waals surface area contributed by atoms with Crippen molar-refractivity contribution < 1.29 is 4.79 Å². The quantitative estimate of drug-likeness (QED) is 0.899. The number of carbonyl (C=O) groups is 1. The molecule has 0 saturated heterocycles. The topological polar surface area (TPSA) is 84.7 Å². The Kier molecular flexibility index (Phi) is 4.61. The van der Waals surface area contributed by atoms with E-state index in [-0.39, 0.29) is 12.1 Å². The second-order valence-electron chi connectivity index (χ2n) is 6.30. The molecule has 3 rings (SSSR count). The fourth-order valence-corrected chi connectivity index (χ4v) is 3.61. The van der Waals surface area contributed by atoms with Gasteiger partial charge in [0.05, 0.1) is 23.3 Å². The van der Waals surface area contributed by atoms with Gasteiger partial charge in [-0.2, -0.15) is 5.10 Å². The first-order valence-electron chi connectivity index (χ1n) is 7.91. The fraction of sp³-hybridized carbons (Fsp3) is 0.600. The summed E-state index contributed by atoms with van der Waals surface area (Å²) in [6.07, 6.45) is 4.15. The van der Waals surface area contributed by atoms with Crippen LogP contribution in [0.15, 0.2) is 6.33 Å². The van der Waals surface area contributed by atoms with Crippen LogP contribution in [0, 0.1) is 12.8 Å². The van der Waals surface area contributed by atoms with Crippen LogP contribution in [0.1, 0.15) is 36.8 Å². The van der Waals surface area contributed by atoms with Crippen LogP contribution in [0.2, 0.25) is 0 Å². The molecule has 7 nitrogen and oxygen atoms in total. The number of anilines is 1. The molecule has 1 aliphatic heterocycles. The molecule has 0 fully saturated rings. The molecule has 0 spiro atoms. The Morgan fingerprint density at radius 3 is 3.13 bits per heavy atom. The molecule has 3 heterocycles. The monoisotopic (exact) mass is 334 g/mol. The van der Waals surface area contributed by atoms with Crippen LogP contribution in [0.3, 0.4) is 0 Å². The lowest BCUT2D eigenvalue weighted by atomic mass is 10.1. The molecule has 2 N–H and O–H groups in total. The van der Waals surface area contributed by atoms with Crippen LogP contribution < -0.4 is 10.6 Å². The van der Waals surface area contributed by atoms with Crippen molar-refractivity contribution in [2.24, 2.45) is 5.92 Å². The molecular formula is C15H22N6OS. The van der Waals surface area contributed by atoms with Crippen molar-refractivity contribution in [3.8, 4) is 0 Å². The highest BCUT2D eigenvalue weighted by Crippen LogP contribution is 2.26. The molecule has 0 saturated carbocycles. The number of rotatable bonds is 4. The number of nitrogens with one attached hydrogen (secondary N) is 2. The molecule has 2 aromatic rings. The summed E-state index contributed by atoms with van der Waals surface area (Å²) >= 11 is 1.53. The molecule has 0 aromatic carbocycles. The minimum Gasteiger partial charge on any atom is -0.333 e. The van der Waals surface area contributed by atoms with E-state index in [1.54, 1.807) is 6.33 Å². The van der Waals surface area contributed by atoms with Crippen LogP contribution in [0.4, 0.5) is 9.80 Å². The Balaban J connectivity index is 1.60. The minimum absolute atomic E-state index is 0.0757. The first-order valence-corrected chi connectivity index (χ1v) is 8.73. The third kappa shape index (κ3) is 3.87. The number of thiazole rings is 1. The highest BCUT2D eigenvalue weighted by Gasteiger charge is 2.22. The maximum atomic E-state index is 12.3. The predicted molar refractivity (Wildman–Crippen MR) is 89.7 cm³/mol. The van der Waals surface area contributed by atoms with Gasteiger partial charge < -0.3 is 5.32 Å². The molecule has 1 atom stereocenters. The summed E-state index contributed by atoms with van der Waals surface area (Å²) in [4.78, 5) is 21.0. The van der Waals surface area contributed by atoms with Crippen molar-refractivity contribution in [3.63, 3.8) is 0 Å². The Morgan fingerprint density at radius 1 is 1.52 bits per heavy atom. The van der Waals surface area contributed by atoms with Crippen molar-refractivity contribution in [2.45, 2.75) is 52.6 Å². The number of amides is 2. The molecule has 0 aliphatic carbocycles. The van der Waals surface area contributed by atoms with Gasteiger partial charge in [0.1, 0.15) is 17.2 Å². The maximum absolute atomic E-state index is 12.3. The number of aryl methyl sites for hydroxylation is 2. The molecule has 0 bridgehead atoms. The molecule has 124 valence electrons. The van der Waals surface area contributed by atoms with Crippen LogP contribution in [0.25, 0.3) is 0 Å². The predicted octanol–water partition coefficient (Wildman–Crippen LogP) is 2.38. The van der Waals surface area contributed by atoms with E-state index in [1.807, 2.05) is 11.6 Å². The first kappa shape index (κ1) is 15.9. The van der Waals surface area contributed by atoms with E-state index in [0.29, 0.717) is 12.5 Å². The van der Waals surface area contributed by atoms with Crippen LogP contribution >= 0.6 is 11.3 Å². The second kappa shape index (κ2) is 6.66. The smallest absolute Gasteiger partial charge is 0.320 e. The maximum Gasteiger partial charge on any atom is 0.320 e. The van der Waals surface area contributed by atoms with Crippen molar-refractivity contribution in [1.82, 2.24) is 25.1 Å². The van der Waals surface area contributed by atoms with Gasteiger partial charge in [0.25, 0.3) is 0 Å². The highest BCUT2D eigenvalue weighted by atomic mass is 32.1. The van der Waals surface area contributed by atoms with E-state index in [9.17, 15) is 4.79 Å². The molecular weight excluding hydrogens is 312 g/mol. The molecule has 2 aromatic heterocycles. The van der Waals surface area contributed by atoms with Crippen molar-refractivity contribution >= 4 is 22.4 Å². The number of hydrogen-bond acceptors (Lipinski definition) is 5. The summed E-state index contributed by atoms with van der Waals surface area (Å²) in [6, 6.07) is -0.0982. The SMILES string of the molecule is Cc1nc(CC(C)C)c(NC(=O)N[C@@H]2CCc3ncnn3C2)s1. The Bertz CT molecular complexity index is 692. The zero-order valence-corrected chi connectivity index (χ0v) is 14.5. The largest absolute Gasteiger partial charge is 0.333 e. The summed E-state index contributed by atoms with van der Waals surface area (Å²) in [5, 5.41) is 12.0. The van der Waals surface area contributed by atoms with Gasteiger partial charge in [0, 0.05) is 6.42 Å². The summed E-state index contributed by atoms with van der Waals surface area (Å²) in [6.45, 7) is 6.93. The molecule has 0 radical (unpaired) electrons. The standard InChI is InChI=1S/C15H22N6OS/c1-9(2)6-12-14(23-10(3)18-12)20-15(22)19-11-4-5-13-16-8-17-21(13)7-11/h8-9,11H,4-7H2,1-3H3,(H2,19,20,22)/t11-/m1/s1. The zero-order valence-electron chi connectivity index (χ0n) is 13.7. The van der Waals surface area contributed by atoms with Crippen LogP contribution in [0.5, 0.6) is 0 Å². The highest BCUT2D eigenvalue weighted by molar-refractivity contribution is 7.16. The Hall–Kier alpha value is -1.96. The van der Waals surface area contributed by atoms with Crippen LogP contribution in [-0.4, -0.2) is 31.8 Å². The Morgan fingerprint density at radius 2 is 2.35 bits per heavy atom. The average molecular weight is 334 g/mol. The lowest BCUT2D eigenvalue weighted by molar-refractivity contribution is 0.243. The molecule has 23 heavy (non-hydrogen) atoms. The zero-order chi connectivity index (χ0) is 16.4. The summed E-state index contributed by atoms with van der Waals surface area (Å²) in [5.74, 6) is 1.49. The second-order valence-corrected chi connectivity index (χ2v) is 7.50. The van der Waals surface area contributed by atoms with Gasteiger partial charge in [0.15, 0.2) is 0 Å². The number of hydrogen-bond donors (Lipinski definition) is 2. The summed E-state index contributed by atoms with van der Waals surface area (Å²) < 4.78 is 1.86. The van der Waals surface area contributed by atoms with Gasteiger partial charge in [-0.25, -0.2) is 19.4 Å². The van der Waals surface area contributed by atoms with E-state index in [4.69, 9.17) is 0 Å². The molecule has 8 heteroatoms. The number of aromatic nitrogens is 4. The van der Waals surface area contributed by atoms with Gasteiger partial charge in [-0.3, -0.25) is 5.32 Å². The summed E-state index contributed by atoms with van der Waals surface area (Å²) in [5.41, 5.74) is 0.972. The number of urea groups is 1. The Labute approximate surface area is 139 Å². The van der Waals surface area contributed by atoms with Gasteiger partial charge in [-0.15, -0.1) is 11.3 Å². The average Bonchev–Trinajstić information content (AvgIpc) is 3.04. The minimum atomic E-state index is -0.174. The van der Waals surface area contributed by atoms with Gasteiger partial charge in [0.2, 0.25) is 0 Å². The summed E-state index contributed by atoms with van der Waals surface area (Å²) in [7, 11) is 0. The van der Waals surface area contributed by atoms with Gasteiger partial charge >= 0.3 is 6.03 Å². The number of fused-ring (bicyclic) bond motifs is 1. The number of nitrogens with zero attached hydrogens (tertiary/aromatic N) is 4. The lowest BCUT2D eigenvalue weighted by Crippen LogP contribution is -2.43. The number of carbonyl (C=O) groups excluding carboxylic acids is 1. The molecule has 0 unspecified atom stereocenters.